The molecule has 0 aliphatic heterocycles. The van der Waals surface area contributed by atoms with Crippen molar-refractivity contribution in [2.45, 2.75) is 46.3 Å². The normalized spacial score (nSPS) is 11.8. The van der Waals surface area contributed by atoms with Gasteiger partial charge in [-0.3, -0.25) is 0 Å². The minimum atomic E-state index is -1.12. The zero-order valence-electron chi connectivity index (χ0n) is 13.3. The smallest absolute Gasteiger partial charge is 0.356 e. The third-order valence-electron chi connectivity index (χ3n) is 3.08. The monoisotopic (exact) mass is 395 g/mol. The van der Waals surface area contributed by atoms with Gasteiger partial charge in [0, 0.05) is 20.4 Å². The number of hydrogen-bond donors (Lipinski definition) is 0. The van der Waals surface area contributed by atoms with Gasteiger partial charge in [0.05, 0.1) is 16.1 Å². The van der Waals surface area contributed by atoms with Crippen molar-refractivity contribution in [1.82, 2.24) is 4.57 Å². The van der Waals surface area contributed by atoms with Crippen molar-refractivity contribution in [2.75, 3.05) is 13.2 Å². The number of carbonyl (C=O) groups excluding carboxylic acids is 1. The summed E-state index contributed by atoms with van der Waals surface area (Å²) in [6.45, 7) is 11.8. The molecule has 0 aliphatic carbocycles. The third kappa shape index (κ3) is 5.12. The molecule has 0 saturated heterocycles. The summed E-state index contributed by atoms with van der Waals surface area (Å²) in [5.41, 5.74) is 1.20. The van der Waals surface area contributed by atoms with Crippen molar-refractivity contribution in [1.29, 1.82) is 0 Å². The second kappa shape index (κ2) is 7.81. The van der Waals surface area contributed by atoms with Gasteiger partial charge in [-0.2, -0.15) is 0 Å². The van der Waals surface area contributed by atoms with E-state index in [0.29, 0.717) is 35.1 Å². The number of rotatable bonds is 7. The van der Waals surface area contributed by atoms with Gasteiger partial charge < -0.3 is 14.0 Å². The van der Waals surface area contributed by atoms with Crippen molar-refractivity contribution in [3.05, 3.63) is 20.9 Å². The SMILES string of the molecule is CCOC(=O)c1c(Br)c(Cl)c(C)n1COCC[Si](C)(C)C. The summed E-state index contributed by atoms with van der Waals surface area (Å²) in [4.78, 5) is 12.1. The van der Waals surface area contributed by atoms with Crippen LogP contribution in [0.2, 0.25) is 30.7 Å². The number of hydrogen-bond acceptors (Lipinski definition) is 3. The van der Waals surface area contributed by atoms with Crippen LogP contribution in [0, 0.1) is 6.92 Å². The van der Waals surface area contributed by atoms with Gasteiger partial charge in [0.1, 0.15) is 12.4 Å². The zero-order valence-corrected chi connectivity index (χ0v) is 16.6. The van der Waals surface area contributed by atoms with Crippen LogP contribution in [0.15, 0.2) is 4.47 Å². The second-order valence-electron chi connectivity index (χ2n) is 6.06. The van der Waals surface area contributed by atoms with Crippen LogP contribution in [0.3, 0.4) is 0 Å². The van der Waals surface area contributed by atoms with Crippen molar-refractivity contribution in [3.8, 4) is 0 Å². The molecule has 0 aliphatic rings. The Hall–Kier alpha value is -0.303. The molecule has 1 aromatic heterocycles. The number of nitrogens with zero attached hydrogens (tertiary/aromatic N) is 1. The summed E-state index contributed by atoms with van der Waals surface area (Å²) in [6.07, 6.45) is 0. The van der Waals surface area contributed by atoms with Gasteiger partial charge in [0.2, 0.25) is 0 Å². The average molecular weight is 397 g/mol. The highest BCUT2D eigenvalue weighted by atomic mass is 79.9. The van der Waals surface area contributed by atoms with E-state index >= 15 is 0 Å². The largest absolute Gasteiger partial charge is 0.461 e. The predicted octanol–water partition coefficient (Wildman–Crippen LogP) is 4.70. The molecular formula is C14H23BrClNO3Si. The maximum absolute atomic E-state index is 12.1. The maximum atomic E-state index is 12.1. The van der Waals surface area contributed by atoms with Crippen LogP contribution < -0.4 is 0 Å². The van der Waals surface area contributed by atoms with E-state index in [1.165, 1.54) is 0 Å². The maximum Gasteiger partial charge on any atom is 0.356 e. The van der Waals surface area contributed by atoms with Crippen molar-refractivity contribution in [3.63, 3.8) is 0 Å². The van der Waals surface area contributed by atoms with Gasteiger partial charge in [0.25, 0.3) is 0 Å². The lowest BCUT2D eigenvalue weighted by Crippen LogP contribution is -2.22. The quantitative estimate of drug-likeness (QED) is 0.381. The number of carbonyl (C=O) groups is 1. The minimum absolute atomic E-state index is 0.301. The molecule has 0 N–H and O–H groups in total. The zero-order chi connectivity index (χ0) is 16.2. The molecule has 0 bridgehead atoms. The van der Waals surface area contributed by atoms with Crippen molar-refractivity contribution < 1.29 is 14.3 Å². The average Bonchev–Trinajstić information content (AvgIpc) is 2.58. The van der Waals surface area contributed by atoms with E-state index < -0.39 is 14.0 Å². The number of halogens is 2. The molecule has 1 rings (SSSR count). The highest BCUT2D eigenvalue weighted by Gasteiger charge is 2.24. The lowest BCUT2D eigenvalue weighted by atomic mass is 10.4. The van der Waals surface area contributed by atoms with Gasteiger partial charge >= 0.3 is 5.97 Å². The Bertz CT molecular complexity index is 511. The summed E-state index contributed by atoms with van der Waals surface area (Å²) in [7, 11) is -1.12. The fourth-order valence-electron chi connectivity index (χ4n) is 1.76. The molecule has 0 spiro atoms. The number of esters is 1. The third-order valence-corrected chi connectivity index (χ3v) is 6.25. The number of ether oxygens (including phenoxy) is 2. The molecule has 0 atom stereocenters. The van der Waals surface area contributed by atoms with E-state index in [9.17, 15) is 4.79 Å². The Balaban J connectivity index is 2.85. The lowest BCUT2D eigenvalue weighted by Gasteiger charge is -2.17. The number of aromatic nitrogens is 1. The molecule has 4 nitrogen and oxygen atoms in total. The van der Waals surface area contributed by atoms with Crippen LogP contribution in [0.5, 0.6) is 0 Å². The molecule has 0 amide bonds. The Morgan fingerprint density at radius 2 is 2.00 bits per heavy atom. The Morgan fingerprint density at radius 1 is 1.38 bits per heavy atom. The van der Waals surface area contributed by atoms with Crippen LogP contribution >= 0.6 is 27.5 Å². The van der Waals surface area contributed by atoms with Crippen LogP contribution in [0.4, 0.5) is 0 Å². The Morgan fingerprint density at radius 3 is 2.52 bits per heavy atom. The van der Waals surface area contributed by atoms with Crippen LogP contribution in [-0.4, -0.2) is 31.8 Å². The molecule has 1 aromatic rings. The van der Waals surface area contributed by atoms with E-state index in [-0.39, 0.29) is 0 Å². The highest BCUT2D eigenvalue weighted by molar-refractivity contribution is 9.10. The fraction of sp³-hybridized carbons (Fsp3) is 0.643. The fourth-order valence-corrected chi connectivity index (χ4v) is 3.37. The predicted molar refractivity (Wildman–Crippen MR) is 91.9 cm³/mol. The molecule has 1 heterocycles. The summed E-state index contributed by atoms with van der Waals surface area (Å²) in [5.74, 6) is -0.395. The molecule has 21 heavy (non-hydrogen) atoms. The molecule has 0 saturated carbocycles. The lowest BCUT2D eigenvalue weighted by molar-refractivity contribution is 0.0469. The minimum Gasteiger partial charge on any atom is -0.461 e. The van der Waals surface area contributed by atoms with Gasteiger partial charge in [-0.25, -0.2) is 4.79 Å². The van der Waals surface area contributed by atoms with Crippen LogP contribution in [-0.2, 0) is 16.2 Å². The van der Waals surface area contributed by atoms with Crippen molar-refractivity contribution >= 4 is 41.6 Å². The second-order valence-corrected chi connectivity index (χ2v) is 12.9. The first-order chi connectivity index (χ1) is 9.69. The molecule has 0 unspecified atom stereocenters. The molecular weight excluding hydrogens is 374 g/mol. The van der Waals surface area contributed by atoms with E-state index in [0.717, 1.165) is 11.7 Å². The Labute approximate surface area is 140 Å². The molecule has 0 radical (unpaired) electrons. The standard InChI is InChI=1S/C14H23BrClNO3Si/c1-6-20-14(18)13-11(15)12(16)10(2)17(13)9-19-7-8-21(3,4)5/h6-9H2,1-5H3. The van der Waals surface area contributed by atoms with Gasteiger partial charge in [-0.05, 0) is 35.8 Å². The molecule has 0 aromatic carbocycles. The van der Waals surface area contributed by atoms with E-state index in [1.54, 1.807) is 11.5 Å². The van der Waals surface area contributed by atoms with Crippen LogP contribution in [0.1, 0.15) is 23.1 Å². The van der Waals surface area contributed by atoms with Gasteiger partial charge in [-0.1, -0.05) is 31.2 Å². The molecule has 120 valence electrons. The van der Waals surface area contributed by atoms with Crippen LogP contribution in [0.25, 0.3) is 0 Å². The first kappa shape index (κ1) is 18.7. The summed E-state index contributed by atoms with van der Waals surface area (Å²) in [5, 5.41) is 0.520. The first-order valence-electron chi connectivity index (χ1n) is 6.98. The van der Waals surface area contributed by atoms with Gasteiger partial charge in [-0.15, -0.1) is 0 Å². The summed E-state index contributed by atoms with van der Waals surface area (Å²) < 4.78 is 13.1. The molecule has 7 heteroatoms. The molecule has 0 fully saturated rings. The summed E-state index contributed by atoms with van der Waals surface area (Å²) >= 11 is 9.57. The van der Waals surface area contributed by atoms with E-state index in [2.05, 4.69) is 35.6 Å². The topological polar surface area (TPSA) is 40.5 Å². The van der Waals surface area contributed by atoms with Gasteiger partial charge in [0.15, 0.2) is 0 Å². The Kier molecular flexibility index (Phi) is 6.97. The summed E-state index contributed by atoms with van der Waals surface area (Å²) in [6, 6.07) is 1.08. The first-order valence-corrected chi connectivity index (χ1v) is 11.9. The highest BCUT2D eigenvalue weighted by Crippen LogP contribution is 2.33. The van der Waals surface area contributed by atoms with E-state index in [1.807, 2.05) is 6.92 Å². The van der Waals surface area contributed by atoms with Crippen molar-refractivity contribution in [2.24, 2.45) is 0 Å². The van der Waals surface area contributed by atoms with E-state index in [4.69, 9.17) is 21.1 Å².